The van der Waals surface area contributed by atoms with E-state index in [1.807, 2.05) is 65.8 Å². The van der Waals surface area contributed by atoms with E-state index >= 15 is 47.9 Å². The van der Waals surface area contributed by atoms with E-state index < -0.39 is 210 Å². The van der Waals surface area contributed by atoms with Gasteiger partial charge in [0.25, 0.3) is 0 Å². The molecule has 3 saturated heterocycles. The number of allylic oxidation sites excluding steroid dienone is 1. The molecule has 0 radical (unpaired) electrons. The summed E-state index contributed by atoms with van der Waals surface area (Å²) in [6.07, 6.45) is 11.6. The van der Waals surface area contributed by atoms with Gasteiger partial charge in [0.1, 0.15) is 91.0 Å². The van der Waals surface area contributed by atoms with Crippen LogP contribution in [0.15, 0.2) is 97.0 Å². The first-order valence-corrected chi connectivity index (χ1v) is 54.4. The number of thioether (sulfide) groups is 1. The number of primary amides is 1. The molecule has 16 atom stereocenters. The van der Waals surface area contributed by atoms with Crippen LogP contribution in [0.4, 0.5) is 0 Å². The SMILES string of the molecule is CCCC[C@H]1C(=O)N(C)[C@@H](CCCC)C(=O)N[C@@H](CC(C)C)C(=O)N[C@H](C(O)NCCCCCCCCCCCCC(=O)O)CSCC(=O)N[C@@H](Cc2ccc(O)cc2)C(=O)N(C)[C@@H](C)C(=O)N[C@@H](CC(N)=O)C(=O)N2CCC[C@@H]2C(=O)N[C@@H](CCN)C(=O)N[C@@H](CC(C)C)C(=O)N2C[C@@H](O)CC23OCCCC=C3N[C@@H](Cc2c[nH]c3ccccc23)C(=O)N[C@@H](CCN)C(=O)NC(Cc2cn(CC(=O)O)c3ccccc23)C(=O)N1C. The zero-order valence-electron chi connectivity index (χ0n) is 88.6. The second-order valence-corrected chi connectivity index (χ2v) is 42.1. The maximum atomic E-state index is 16.2. The molecule has 0 bridgehead atoms. The summed E-state index contributed by atoms with van der Waals surface area (Å²) >= 11 is 0.973. The molecule has 43 heteroatoms. The fourth-order valence-electron chi connectivity index (χ4n) is 20.1. The number of para-hydroxylation sites is 2. The lowest BCUT2D eigenvalue weighted by Gasteiger charge is -2.42. The Kier molecular flexibility index (Phi) is 48.6. The van der Waals surface area contributed by atoms with Crippen molar-refractivity contribution < 1.29 is 107 Å². The van der Waals surface area contributed by atoms with Crippen molar-refractivity contribution in [3.63, 3.8) is 0 Å². The number of aromatic hydroxyl groups is 1. The minimum absolute atomic E-state index is 0.0116. The molecule has 828 valence electrons. The van der Waals surface area contributed by atoms with Crippen molar-refractivity contribution in [1.82, 2.24) is 87.2 Å². The van der Waals surface area contributed by atoms with Crippen LogP contribution in [0.3, 0.4) is 0 Å². The highest BCUT2D eigenvalue weighted by atomic mass is 32.2. The average Bonchev–Trinajstić information content (AvgIpc) is 1.60. The Morgan fingerprint density at radius 1 is 0.553 bits per heavy atom. The van der Waals surface area contributed by atoms with Crippen molar-refractivity contribution in [3.05, 3.63) is 114 Å². The second-order valence-electron chi connectivity index (χ2n) is 41.0. The van der Waals surface area contributed by atoms with Gasteiger partial charge in [0, 0.05) is 99.7 Å². The lowest BCUT2D eigenvalue weighted by Crippen LogP contribution is -2.62. The lowest BCUT2D eigenvalue weighted by molar-refractivity contribution is -0.161. The van der Waals surface area contributed by atoms with Crippen molar-refractivity contribution in [3.8, 4) is 5.75 Å². The number of likely N-dealkylation sites (N-methyl/N-ethyl adjacent to an activating group) is 3. The highest BCUT2D eigenvalue weighted by Crippen LogP contribution is 2.41. The van der Waals surface area contributed by atoms with Crippen molar-refractivity contribution in [2.75, 3.05) is 72.0 Å². The third-order valence-electron chi connectivity index (χ3n) is 28.3. The summed E-state index contributed by atoms with van der Waals surface area (Å²) in [6, 6.07) is 1.38. The van der Waals surface area contributed by atoms with Gasteiger partial charge in [-0.05, 0) is 156 Å². The van der Waals surface area contributed by atoms with Gasteiger partial charge in [-0.1, -0.05) is 173 Å². The minimum atomic E-state index is -1.90. The van der Waals surface area contributed by atoms with E-state index in [4.69, 9.17) is 27.0 Å². The molecule has 22 N–H and O–H groups in total. The number of aliphatic hydroxyl groups is 2. The highest BCUT2D eigenvalue weighted by Gasteiger charge is 2.55. The van der Waals surface area contributed by atoms with Crippen LogP contribution in [-0.4, -0.2) is 323 Å². The Hall–Kier alpha value is -12.3. The number of amides is 14. The predicted molar refractivity (Wildman–Crippen MR) is 567 cm³/mol. The van der Waals surface area contributed by atoms with E-state index in [0.29, 0.717) is 84.5 Å². The summed E-state index contributed by atoms with van der Waals surface area (Å²) in [4.78, 5) is 246. The van der Waals surface area contributed by atoms with Gasteiger partial charge >= 0.3 is 11.9 Å². The first kappa shape index (κ1) is 121. The molecule has 5 aromatic rings. The van der Waals surface area contributed by atoms with Crippen LogP contribution in [-0.2, 0) is 107 Å². The van der Waals surface area contributed by atoms with Crippen LogP contribution in [0.5, 0.6) is 5.75 Å². The number of carbonyl (C=O) groups excluding carboxylic acids is 14. The molecule has 3 unspecified atom stereocenters. The van der Waals surface area contributed by atoms with E-state index in [0.717, 1.165) is 78.3 Å². The van der Waals surface area contributed by atoms with Crippen LogP contribution in [0.2, 0.25) is 0 Å². The molecule has 0 saturated carbocycles. The number of nitrogens with one attached hydrogen (secondary N) is 11. The molecule has 3 aromatic carbocycles. The van der Waals surface area contributed by atoms with Gasteiger partial charge in [-0.3, -0.25) is 82.0 Å². The summed E-state index contributed by atoms with van der Waals surface area (Å²) in [5.74, 6) is -14.9. The number of hydrogen-bond acceptors (Lipinski definition) is 25. The Morgan fingerprint density at radius 2 is 1.11 bits per heavy atom. The van der Waals surface area contributed by atoms with Crippen LogP contribution >= 0.6 is 11.8 Å². The molecule has 14 amide bonds. The van der Waals surface area contributed by atoms with Gasteiger partial charge in [0.2, 0.25) is 82.7 Å². The number of aromatic nitrogens is 2. The van der Waals surface area contributed by atoms with Gasteiger partial charge in [-0.15, -0.1) is 11.8 Å². The van der Waals surface area contributed by atoms with E-state index in [9.17, 15) is 49.2 Å². The van der Waals surface area contributed by atoms with Crippen molar-refractivity contribution in [2.24, 2.45) is 29.0 Å². The van der Waals surface area contributed by atoms with Gasteiger partial charge in [-0.2, -0.15) is 0 Å². The molecule has 9 rings (SSSR count). The van der Waals surface area contributed by atoms with E-state index in [1.165, 1.54) is 71.6 Å². The Balaban J connectivity index is 1.12. The number of aromatic amines is 1. The monoisotopic (exact) mass is 2110 g/mol. The van der Waals surface area contributed by atoms with Gasteiger partial charge in [0.15, 0.2) is 5.72 Å². The average molecular weight is 2110 g/mol. The number of phenolic OH excluding ortho intramolecular Hbond substituents is 1. The van der Waals surface area contributed by atoms with Gasteiger partial charge in [-0.25, -0.2) is 0 Å². The normalized spacial score (nSPS) is 24.8. The standard InChI is InChI=1S/C107H162N20O22S/c1-11-13-35-86-100(142)117-78(52-65(3)4)98(140)121-84(95(137)111-49-29-22-20-18-16-15-17-19-21-23-40-92(132)133)63-150-64-91(131)114-81(54-68-41-43-71(128)44-42-68)102(144)122(8)67(7)94(136)118-83(57-90(110)130)104(146)126-50-31-38-87(126)101(143)116-77(46-48-109)97(139)119-80(53-66(5)6)105(147)127-61-72(129)58-107(127)89(39-28-30-51-149-107)113-79(55-69-59-112-75-34-26-24-32-73(69)75)99(141)115-76(45-47-108)96(138)120-82(103(145)124(10)88(36-14-12-2)106(148)123(86)9)56-70-60-125(62-93(134)135)85-37-27-25-33-74(70)85/h24-27,32-34,37,39,41-44,59-60,65-67,72,76-84,86-88,95,111-113,128-129,137H,11-23,28-31,35-36,38,40,45-58,61-64,108-109H2,1-10H3,(H2,110,130)(H,114,131)(H,115,141)(H,116,143)(H,117,142)(H,118,136)(H,119,139)(H,120,138)(H,121,140)(H,132,133)(H,134,135)/t67-,72-,76-,77-,78-,79-,80-,81-,82?,83-,84-,86-,87+,88-,95?,107?/m0/s1. The van der Waals surface area contributed by atoms with E-state index in [2.05, 4.69) is 58.2 Å². The summed E-state index contributed by atoms with van der Waals surface area (Å²) in [5, 5.41) is 84.5. The first-order valence-electron chi connectivity index (χ1n) is 53.3. The maximum Gasteiger partial charge on any atom is 0.323 e. The molecule has 3 fully saturated rings. The number of H-pyrrole nitrogens is 1. The van der Waals surface area contributed by atoms with Crippen LogP contribution in [0.25, 0.3) is 21.8 Å². The summed E-state index contributed by atoms with van der Waals surface area (Å²) in [5.41, 5.74) is 19.3. The molecule has 42 nitrogen and oxygen atoms in total. The molecule has 1 spiro atoms. The fourth-order valence-corrected chi connectivity index (χ4v) is 21.0. The topological polar surface area (TPSA) is 619 Å². The van der Waals surface area contributed by atoms with Gasteiger partial charge in [0.05, 0.1) is 43.2 Å². The number of unbranched alkanes of at least 4 members (excludes halogenated alkanes) is 11. The van der Waals surface area contributed by atoms with Gasteiger partial charge < -0.3 is 129 Å². The Morgan fingerprint density at radius 3 is 1.74 bits per heavy atom. The third-order valence-corrected chi connectivity index (χ3v) is 29.4. The number of hydrogen-bond donors (Lipinski definition) is 19. The number of aliphatic hydroxyl groups excluding tert-OH is 2. The summed E-state index contributed by atoms with van der Waals surface area (Å²) < 4.78 is 8.34. The minimum Gasteiger partial charge on any atom is -0.508 e. The van der Waals surface area contributed by atoms with Crippen molar-refractivity contribution in [1.29, 1.82) is 0 Å². The number of carboxylic acid groups (broad SMARTS) is 2. The number of benzene rings is 3. The number of fused-ring (bicyclic) bond motifs is 3. The molecule has 4 aliphatic rings. The molecule has 2 aromatic heterocycles. The number of rotatable bonds is 39. The van der Waals surface area contributed by atoms with Crippen LogP contribution in [0, 0.1) is 11.8 Å². The number of carbonyl (C=O) groups is 16. The number of ether oxygens (including phenoxy) is 1. The smallest absolute Gasteiger partial charge is 0.323 e. The molecule has 0 aliphatic carbocycles. The molecule has 4 aliphatic heterocycles. The van der Waals surface area contributed by atoms with Crippen LogP contribution in [0.1, 0.15) is 239 Å². The Labute approximate surface area is 882 Å². The summed E-state index contributed by atoms with van der Waals surface area (Å²) in [7, 11) is 4.11. The second kappa shape index (κ2) is 60.1. The lowest BCUT2D eigenvalue weighted by atomic mass is 9.97. The number of nitrogens with two attached hydrogens (primary N) is 3. The highest BCUT2D eigenvalue weighted by molar-refractivity contribution is 8.00. The zero-order valence-corrected chi connectivity index (χ0v) is 89.4. The van der Waals surface area contributed by atoms with Crippen LogP contribution < -0.4 is 70.4 Å². The summed E-state index contributed by atoms with van der Waals surface area (Å²) in [6.45, 7) is 11.3. The molecular weight excluding hydrogens is 1950 g/mol. The number of phenols is 1. The Bertz CT molecular complexity index is 5410. The molecule has 150 heavy (non-hydrogen) atoms. The quantitative estimate of drug-likeness (QED) is 0.0192. The first-order chi connectivity index (χ1) is 71.6. The fraction of sp³-hybridized carbons (Fsp3) is 0.626. The number of aliphatic carboxylic acids is 2. The van der Waals surface area contributed by atoms with E-state index in [-0.39, 0.29) is 152 Å². The third kappa shape index (κ3) is 35.1. The van der Waals surface area contributed by atoms with E-state index in [1.54, 1.807) is 42.7 Å². The molecular formula is C107H162N20O22S. The zero-order chi connectivity index (χ0) is 110. The predicted octanol–water partition coefficient (Wildman–Crippen LogP) is 4.33. The number of carboxylic acids is 2. The molecule has 6 heterocycles. The van der Waals surface area contributed by atoms with Crippen molar-refractivity contribution in [2.45, 2.75) is 344 Å². The number of nitrogens with zero attached hydrogens (tertiary/aromatic N) is 6. The largest absolute Gasteiger partial charge is 0.508 e. The maximum absolute atomic E-state index is 16.2. The van der Waals surface area contributed by atoms with Crippen molar-refractivity contribution >= 4 is 128 Å².